The summed E-state index contributed by atoms with van der Waals surface area (Å²) in [5.74, 6) is 1.37. The molecule has 0 aliphatic heterocycles. The molecule has 2 fully saturated rings. The Hall–Kier alpha value is -0.530. The molecule has 92 valence electrons. The molecule has 1 nitrogen and oxygen atoms in total. The molecule has 2 unspecified atom stereocenters. The van der Waals surface area contributed by atoms with E-state index in [-0.39, 0.29) is 0 Å². The first-order valence-electron chi connectivity index (χ1n) is 6.58. The average molecular weight is 250 g/mol. The van der Waals surface area contributed by atoms with E-state index in [1.807, 2.05) is 12.1 Å². The Bertz CT molecular complexity index is 423. The van der Waals surface area contributed by atoms with Crippen molar-refractivity contribution in [3.8, 4) is 0 Å². The fraction of sp³-hybridized carbons (Fsp3) is 0.600. The molecular formula is C15H20ClN. The summed E-state index contributed by atoms with van der Waals surface area (Å²) < 4.78 is 0. The lowest BCUT2D eigenvalue weighted by molar-refractivity contribution is 0.517. The van der Waals surface area contributed by atoms with E-state index in [1.54, 1.807) is 0 Å². The van der Waals surface area contributed by atoms with Gasteiger partial charge in [0.1, 0.15) is 0 Å². The normalized spacial score (nSPS) is 30.3. The molecule has 0 bridgehead atoms. The van der Waals surface area contributed by atoms with Gasteiger partial charge in [0.15, 0.2) is 0 Å². The second-order valence-electron chi connectivity index (χ2n) is 6.11. The van der Waals surface area contributed by atoms with Gasteiger partial charge in [-0.25, -0.2) is 0 Å². The van der Waals surface area contributed by atoms with Crippen LogP contribution in [0.2, 0.25) is 5.02 Å². The zero-order valence-corrected chi connectivity index (χ0v) is 11.3. The second kappa shape index (κ2) is 4.00. The molecule has 3 rings (SSSR count). The van der Waals surface area contributed by atoms with E-state index in [0.717, 1.165) is 23.5 Å². The molecule has 0 saturated heterocycles. The molecule has 0 heterocycles. The molecular weight excluding hydrogens is 230 g/mol. The first-order valence-corrected chi connectivity index (χ1v) is 6.96. The van der Waals surface area contributed by atoms with E-state index < -0.39 is 0 Å². The maximum absolute atomic E-state index is 6.31. The van der Waals surface area contributed by atoms with Crippen LogP contribution in [0.5, 0.6) is 0 Å². The number of hydrogen-bond donors (Lipinski definition) is 1. The van der Waals surface area contributed by atoms with Crippen molar-refractivity contribution in [3.63, 3.8) is 0 Å². The lowest BCUT2D eigenvalue weighted by Crippen LogP contribution is -2.20. The van der Waals surface area contributed by atoms with Gasteiger partial charge in [0, 0.05) is 11.1 Å². The highest BCUT2D eigenvalue weighted by Crippen LogP contribution is 2.65. The highest BCUT2D eigenvalue weighted by Gasteiger charge is 2.58. The third-order valence-corrected chi connectivity index (χ3v) is 4.84. The minimum atomic E-state index is 0.396. The van der Waals surface area contributed by atoms with Gasteiger partial charge >= 0.3 is 0 Å². The summed E-state index contributed by atoms with van der Waals surface area (Å²) >= 11 is 6.31. The largest absolute Gasteiger partial charge is 0.314 e. The number of benzene rings is 1. The van der Waals surface area contributed by atoms with Gasteiger partial charge in [-0.2, -0.15) is 0 Å². The van der Waals surface area contributed by atoms with Gasteiger partial charge in [0.2, 0.25) is 0 Å². The van der Waals surface area contributed by atoms with Gasteiger partial charge in [-0.3, -0.25) is 0 Å². The average Bonchev–Trinajstić information content (AvgIpc) is 3.15. The molecule has 1 N–H and O–H groups in total. The minimum absolute atomic E-state index is 0.396. The van der Waals surface area contributed by atoms with Crippen molar-refractivity contribution >= 4 is 11.6 Å². The number of halogens is 1. The van der Waals surface area contributed by atoms with Crippen molar-refractivity contribution in [1.29, 1.82) is 0 Å². The topological polar surface area (TPSA) is 12.0 Å². The van der Waals surface area contributed by atoms with Crippen LogP contribution in [0.15, 0.2) is 24.3 Å². The van der Waals surface area contributed by atoms with Crippen LogP contribution in [0.4, 0.5) is 0 Å². The van der Waals surface area contributed by atoms with Crippen molar-refractivity contribution in [2.24, 2.45) is 11.3 Å². The lowest BCUT2D eigenvalue weighted by atomic mass is 10.0. The van der Waals surface area contributed by atoms with Crippen LogP contribution >= 0.6 is 11.6 Å². The smallest absolute Gasteiger partial charge is 0.0441 e. The first-order chi connectivity index (χ1) is 8.10. The Labute approximate surface area is 109 Å². The van der Waals surface area contributed by atoms with Crippen LogP contribution in [0, 0.1) is 11.3 Å². The highest BCUT2D eigenvalue weighted by molar-refractivity contribution is 6.31. The van der Waals surface area contributed by atoms with E-state index in [1.165, 1.54) is 18.4 Å². The van der Waals surface area contributed by atoms with Crippen LogP contribution in [0.1, 0.15) is 38.2 Å². The van der Waals surface area contributed by atoms with Gasteiger partial charge in [-0.15, -0.1) is 0 Å². The SMILES string of the molecule is CC1(C)C(CNC2CC2)C1c1ccccc1Cl. The van der Waals surface area contributed by atoms with Gasteiger partial charge in [0.05, 0.1) is 0 Å². The van der Waals surface area contributed by atoms with Crippen molar-refractivity contribution in [1.82, 2.24) is 5.32 Å². The standard InChI is InChI=1S/C15H20ClN/c1-15(2)12(9-17-10-7-8-10)14(15)11-5-3-4-6-13(11)16/h3-6,10,12,14,17H,7-9H2,1-2H3. The van der Waals surface area contributed by atoms with E-state index >= 15 is 0 Å². The Morgan fingerprint density at radius 2 is 2.00 bits per heavy atom. The maximum Gasteiger partial charge on any atom is 0.0441 e. The Morgan fingerprint density at radius 1 is 1.29 bits per heavy atom. The highest BCUT2D eigenvalue weighted by atomic mass is 35.5. The fourth-order valence-corrected chi connectivity index (χ4v) is 3.30. The summed E-state index contributed by atoms with van der Waals surface area (Å²) in [6, 6.07) is 9.11. The molecule has 2 atom stereocenters. The zero-order chi connectivity index (χ0) is 12.0. The molecule has 1 aromatic rings. The van der Waals surface area contributed by atoms with Crippen molar-refractivity contribution in [3.05, 3.63) is 34.9 Å². The molecule has 17 heavy (non-hydrogen) atoms. The molecule has 1 aromatic carbocycles. The fourth-order valence-electron chi connectivity index (χ4n) is 3.05. The zero-order valence-electron chi connectivity index (χ0n) is 10.5. The summed E-state index contributed by atoms with van der Waals surface area (Å²) in [4.78, 5) is 0. The number of nitrogens with one attached hydrogen (secondary N) is 1. The van der Waals surface area contributed by atoms with Crippen molar-refractivity contribution in [2.45, 2.75) is 38.6 Å². The van der Waals surface area contributed by atoms with Gasteiger partial charge < -0.3 is 5.32 Å². The Kier molecular flexibility index (Phi) is 2.72. The van der Waals surface area contributed by atoms with Crippen molar-refractivity contribution in [2.75, 3.05) is 6.54 Å². The molecule has 2 heteroatoms. The summed E-state index contributed by atoms with van der Waals surface area (Å²) in [6.45, 7) is 5.87. The molecule has 0 amide bonds. The molecule has 2 saturated carbocycles. The quantitative estimate of drug-likeness (QED) is 0.855. The Balaban J connectivity index is 1.72. The third-order valence-electron chi connectivity index (χ3n) is 4.49. The van der Waals surface area contributed by atoms with E-state index in [2.05, 4.69) is 31.3 Å². The molecule has 0 spiro atoms. The van der Waals surface area contributed by atoms with Crippen LogP contribution < -0.4 is 5.32 Å². The van der Waals surface area contributed by atoms with E-state index in [4.69, 9.17) is 11.6 Å². The van der Waals surface area contributed by atoms with Crippen LogP contribution in [-0.4, -0.2) is 12.6 Å². The molecule has 0 radical (unpaired) electrons. The summed E-state index contributed by atoms with van der Waals surface area (Å²) in [7, 11) is 0. The van der Waals surface area contributed by atoms with E-state index in [9.17, 15) is 0 Å². The predicted molar refractivity (Wildman–Crippen MR) is 72.5 cm³/mol. The monoisotopic (exact) mass is 249 g/mol. The second-order valence-corrected chi connectivity index (χ2v) is 6.52. The minimum Gasteiger partial charge on any atom is -0.314 e. The number of rotatable bonds is 4. The van der Waals surface area contributed by atoms with Crippen LogP contribution in [0.3, 0.4) is 0 Å². The molecule has 2 aliphatic rings. The van der Waals surface area contributed by atoms with Crippen molar-refractivity contribution < 1.29 is 0 Å². The molecule has 2 aliphatic carbocycles. The summed E-state index contributed by atoms with van der Waals surface area (Å²) in [5, 5.41) is 4.58. The van der Waals surface area contributed by atoms with E-state index in [0.29, 0.717) is 11.3 Å². The first kappa shape index (κ1) is 11.6. The third kappa shape index (κ3) is 2.11. The van der Waals surface area contributed by atoms with Gasteiger partial charge in [-0.05, 0) is 48.3 Å². The lowest BCUT2D eigenvalue weighted by Gasteiger charge is -2.04. The summed E-state index contributed by atoms with van der Waals surface area (Å²) in [5.41, 5.74) is 1.73. The number of hydrogen-bond acceptors (Lipinski definition) is 1. The van der Waals surface area contributed by atoms with Crippen LogP contribution in [0.25, 0.3) is 0 Å². The summed E-state index contributed by atoms with van der Waals surface area (Å²) in [6.07, 6.45) is 2.73. The molecule has 0 aromatic heterocycles. The van der Waals surface area contributed by atoms with Crippen LogP contribution in [-0.2, 0) is 0 Å². The van der Waals surface area contributed by atoms with Gasteiger partial charge in [-0.1, -0.05) is 43.6 Å². The Morgan fingerprint density at radius 3 is 2.65 bits per heavy atom. The van der Waals surface area contributed by atoms with Gasteiger partial charge in [0.25, 0.3) is 0 Å². The maximum atomic E-state index is 6.31. The predicted octanol–water partition coefficient (Wildman–Crippen LogP) is 3.83.